The van der Waals surface area contributed by atoms with Crippen LogP contribution in [0.5, 0.6) is 0 Å². The number of carbonyl (C=O) groups is 2. The summed E-state index contributed by atoms with van der Waals surface area (Å²) in [5.41, 5.74) is 2.05. The fourth-order valence-corrected chi connectivity index (χ4v) is 4.08. The van der Waals surface area contributed by atoms with Gasteiger partial charge < -0.3 is 10.0 Å². The molecule has 1 N–H and O–H groups in total. The number of amides is 1. The fraction of sp³-hybridized carbons (Fsp3) is 0.476. The first-order valence-corrected chi connectivity index (χ1v) is 10.7. The number of fused-ring (bicyclic) bond motifs is 1. The van der Waals surface area contributed by atoms with E-state index in [9.17, 15) is 22.4 Å². The molecule has 0 spiro atoms. The fourth-order valence-electron chi connectivity index (χ4n) is 3.96. The maximum absolute atomic E-state index is 13.8. The number of carbonyl (C=O) groups excluding carboxylic acids is 1. The van der Waals surface area contributed by atoms with Crippen LogP contribution in [0, 0.1) is 11.7 Å². The standard InChI is InChI=1S/C19H22ClFN4O.C2HF3O2/c20-17-4-3-14(8-18(17)21)9-23-10-15(11-24-7-1-2-19(24)26)12-25-16(13-23)5-6-22-25;3-2(4,5)1(6)7/h3-6,8,15H,1-2,7,9-13H2;(H,6,7). The molecule has 2 aliphatic heterocycles. The lowest BCUT2D eigenvalue weighted by atomic mass is 10.1. The molecule has 12 heteroatoms. The Balaban J connectivity index is 0.000000383. The Morgan fingerprint density at radius 1 is 1.24 bits per heavy atom. The van der Waals surface area contributed by atoms with Crippen molar-refractivity contribution in [3.05, 3.63) is 52.6 Å². The minimum absolute atomic E-state index is 0.146. The van der Waals surface area contributed by atoms with Gasteiger partial charge in [0.15, 0.2) is 0 Å². The van der Waals surface area contributed by atoms with Gasteiger partial charge in [-0.25, -0.2) is 9.18 Å². The van der Waals surface area contributed by atoms with E-state index < -0.39 is 12.1 Å². The van der Waals surface area contributed by atoms with Crippen LogP contribution in [-0.2, 0) is 29.2 Å². The van der Waals surface area contributed by atoms with E-state index in [-0.39, 0.29) is 16.7 Å². The number of hydrogen-bond acceptors (Lipinski definition) is 4. The van der Waals surface area contributed by atoms with E-state index in [1.54, 1.807) is 6.07 Å². The second-order valence-corrected chi connectivity index (χ2v) is 8.44. The molecule has 3 heterocycles. The van der Waals surface area contributed by atoms with Crippen LogP contribution in [0.1, 0.15) is 24.1 Å². The van der Waals surface area contributed by atoms with E-state index in [4.69, 9.17) is 21.5 Å². The maximum atomic E-state index is 13.8. The zero-order valence-corrected chi connectivity index (χ0v) is 18.3. The van der Waals surface area contributed by atoms with Gasteiger partial charge in [0.1, 0.15) is 5.82 Å². The summed E-state index contributed by atoms with van der Waals surface area (Å²) in [4.78, 5) is 25.2. The minimum Gasteiger partial charge on any atom is -0.475 e. The molecule has 1 aromatic carbocycles. The van der Waals surface area contributed by atoms with Gasteiger partial charge in [-0.05, 0) is 30.2 Å². The van der Waals surface area contributed by atoms with Gasteiger partial charge in [-0.3, -0.25) is 14.4 Å². The number of rotatable bonds is 4. The molecule has 1 amide bonds. The highest BCUT2D eigenvalue weighted by Gasteiger charge is 2.38. The molecule has 0 saturated carbocycles. The van der Waals surface area contributed by atoms with E-state index in [0.717, 1.165) is 50.4 Å². The molecule has 1 saturated heterocycles. The highest BCUT2D eigenvalue weighted by Crippen LogP contribution is 2.22. The van der Waals surface area contributed by atoms with Crippen molar-refractivity contribution in [2.75, 3.05) is 19.6 Å². The summed E-state index contributed by atoms with van der Waals surface area (Å²) >= 11 is 5.80. The zero-order chi connectivity index (χ0) is 24.2. The van der Waals surface area contributed by atoms with E-state index in [1.165, 1.54) is 6.07 Å². The number of benzene rings is 1. The summed E-state index contributed by atoms with van der Waals surface area (Å²) in [6.45, 7) is 4.65. The number of alkyl halides is 3. The van der Waals surface area contributed by atoms with Crippen molar-refractivity contribution in [3.8, 4) is 0 Å². The third-order valence-electron chi connectivity index (χ3n) is 5.42. The smallest absolute Gasteiger partial charge is 0.475 e. The highest BCUT2D eigenvalue weighted by atomic mass is 35.5. The molecule has 0 bridgehead atoms. The van der Waals surface area contributed by atoms with Gasteiger partial charge in [0.25, 0.3) is 0 Å². The summed E-state index contributed by atoms with van der Waals surface area (Å²) in [5.74, 6) is -2.59. The lowest BCUT2D eigenvalue weighted by Crippen LogP contribution is -2.37. The van der Waals surface area contributed by atoms with Crippen LogP contribution in [-0.4, -0.2) is 62.4 Å². The average Bonchev–Trinajstić information content (AvgIpc) is 3.29. The molecule has 1 aromatic heterocycles. The third kappa shape index (κ3) is 6.91. The van der Waals surface area contributed by atoms with Crippen molar-refractivity contribution < 1.29 is 32.3 Å². The first-order valence-electron chi connectivity index (χ1n) is 10.3. The Morgan fingerprint density at radius 2 is 1.97 bits per heavy atom. The van der Waals surface area contributed by atoms with E-state index >= 15 is 0 Å². The number of carboxylic acid groups (broad SMARTS) is 1. The molecule has 0 aliphatic carbocycles. The molecule has 2 aromatic rings. The Labute approximate surface area is 192 Å². The highest BCUT2D eigenvalue weighted by molar-refractivity contribution is 6.30. The summed E-state index contributed by atoms with van der Waals surface area (Å²) in [6.07, 6.45) is -1.65. The van der Waals surface area contributed by atoms with Gasteiger partial charge >= 0.3 is 12.1 Å². The Kier molecular flexibility index (Phi) is 7.96. The van der Waals surface area contributed by atoms with Crippen LogP contribution in [0.4, 0.5) is 17.6 Å². The van der Waals surface area contributed by atoms with E-state index in [2.05, 4.69) is 10.00 Å². The molecule has 1 fully saturated rings. The second-order valence-electron chi connectivity index (χ2n) is 8.03. The molecule has 2 aliphatic rings. The van der Waals surface area contributed by atoms with E-state index in [1.807, 2.05) is 27.9 Å². The molecular weight excluding hydrogens is 468 g/mol. The van der Waals surface area contributed by atoms with Crippen LogP contribution in [0.15, 0.2) is 30.5 Å². The number of aromatic nitrogens is 2. The summed E-state index contributed by atoms with van der Waals surface area (Å²) in [6, 6.07) is 7.00. The number of hydrogen-bond donors (Lipinski definition) is 1. The summed E-state index contributed by atoms with van der Waals surface area (Å²) in [5, 5.41) is 11.7. The minimum atomic E-state index is -5.08. The van der Waals surface area contributed by atoms with Gasteiger partial charge in [0.2, 0.25) is 5.91 Å². The van der Waals surface area contributed by atoms with Crippen molar-refractivity contribution in [1.29, 1.82) is 0 Å². The first kappa shape index (κ1) is 25.0. The molecular formula is C21H23ClF4N4O3. The quantitative estimate of drug-likeness (QED) is 0.663. The number of aliphatic carboxylic acids is 1. The van der Waals surface area contributed by atoms with Crippen LogP contribution >= 0.6 is 11.6 Å². The molecule has 1 atom stereocenters. The van der Waals surface area contributed by atoms with Crippen LogP contribution < -0.4 is 0 Å². The second kappa shape index (κ2) is 10.5. The lowest BCUT2D eigenvalue weighted by Gasteiger charge is -2.27. The maximum Gasteiger partial charge on any atom is 0.490 e. The molecule has 0 radical (unpaired) electrons. The average molecular weight is 491 g/mol. The molecule has 180 valence electrons. The summed E-state index contributed by atoms with van der Waals surface area (Å²) in [7, 11) is 0. The molecule has 1 unspecified atom stereocenters. The number of carboxylic acids is 1. The lowest BCUT2D eigenvalue weighted by molar-refractivity contribution is -0.192. The molecule has 7 nitrogen and oxygen atoms in total. The zero-order valence-electron chi connectivity index (χ0n) is 17.6. The third-order valence-corrected chi connectivity index (χ3v) is 5.73. The van der Waals surface area contributed by atoms with Crippen molar-refractivity contribution in [1.82, 2.24) is 19.6 Å². The van der Waals surface area contributed by atoms with Gasteiger partial charge in [0.05, 0.1) is 10.7 Å². The van der Waals surface area contributed by atoms with Crippen LogP contribution in [0.3, 0.4) is 0 Å². The van der Waals surface area contributed by atoms with Crippen molar-refractivity contribution in [2.24, 2.45) is 5.92 Å². The number of likely N-dealkylation sites (tertiary alicyclic amines) is 1. The predicted molar refractivity (Wildman–Crippen MR) is 111 cm³/mol. The van der Waals surface area contributed by atoms with Gasteiger partial charge in [0, 0.05) is 57.8 Å². The van der Waals surface area contributed by atoms with Crippen molar-refractivity contribution in [2.45, 2.75) is 38.7 Å². The Bertz CT molecular complexity index is 998. The summed E-state index contributed by atoms with van der Waals surface area (Å²) < 4.78 is 47.6. The molecule has 33 heavy (non-hydrogen) atoms. The van der Waals surface area contributed by atoms with Crippen molar-refractivity contribution in [3.63, 3.8) is 0 Å². The molecule has 4 rings (SSSR count). The van der Waals surface area contributed by atoms with Crippen molar-refractivity contribution >= 4 is 23.5 Å². The van der Waals surface area contributed by atoms with Crippen LogP contribution in [0.25, 0.3) is 0 Å². The number of nitrogens with zero attached hydrogens (tertiary/aromatic N) is 4. The monoisotopic (exact) mass is 490 g/mol. The Hall–Kier alpha value is -2.66. The topological polar surface area (TPSA) is 78.7 Å². The Morgan fingerprint density at radius 3 is 2.58 bits per heavy atom. The van der Waals surface area contributed by atoms with Gasteiger partial charge in [-0.2, -0.15) is 18.3 Å². The van der Waals surface area contributed by atoms with E-state index in [0.29, 0.717) is 18.9 Å². The normalized spacial score (nSPS) is 19.0. The van der Waals surface area contributed by atoms with Gasteiger partial charge in [-0.1, -0.05) is 17.7 Å². The largest absolute Gasteiger partial charge is 0.490 e. The van der Waals surface area contributed by atoms with Gasteiger partial charge in [-0.15, -0.1) is 0 Å². The SMILES string of the molecule is O=C(O)C(F)(F)F.O=C1CCCN1CC1CN(Cc2ccc(Cl)c(F)c2)Cc2ccnn2C1. The first-order chi connectivity index (χ1) is 15.5. The number of halogens is 5. The van der Waals surface area contributed by atoms with Crippen LogP contribution in [0.2, 0.25) is 5.02 Å². The predicted octanol–water partition coefficient (Wildman–Crippen LogP) is 3.56.